The molecular weight excluding hydrogens is 198 g/mol. The molecule has 2 aromatic rings. The van der Waals surface area contributed by atoms with Crippen LogP contribution in [-0.4, -0.2) is 9.55 Å². The van der Waals surface area contributed by atoms with E-state index < -0.39 is 0 Å². The molecule has 16 heavy (non-hydrogen) atoms. The number of hydrogen-bond donors (Lipinski definition) is 1. The maximum atomic E-state index is 5.82. The van der Waals surface area contributed by atoms with Gasteiger partial charge in [-0.25, -0.2) is 4.98 Å². The van der Waals surface area contributed by atoms with E-state index in [2.05, 4.69) is 37.0 Å². The molecule has 84 valence electrons. The molecule has 2 N–H and O–H groups in total. The molecule has 3 nitrogen and oxygen atoms in total. The molecule has 0 saturated heterocycles. The summed E-state index contributed by atoms with van der Waals surface area (Å²) in [4.78, 5) is 4.10. The van der Waals surface area contributed by atoms with E-state index in [0.29, 0.717) is 5.95 Å². The van der Waals surface area contributed by atoms with Crippen LogP contribution in [0.2, 0.25) is 0 Å². The zero-order valence-electron chi connectivity index (χ0n) is 9.99. The molecule has 0 amide bonds. The lowest BCUT2D eigenvalue weighted by molar-refractivity contribution is 0.781. The molecule has 1 aromatic carbocycles. The summed E-state index contributed by atoms with van der Waals surface area (Å²) in [5.41, 5.74) is 10.7. The number of nitrogens with two attached hydrogens (primary N) is 1. The van der Waals surface area contributed by atoms with Crippen molar-refractivity contribution in [1.82, 2.24) is 9.55 Å². The minimum atomic E-state index is 0.580. The fourth-order valence-corrected chi connectivity index (χ4v) is 2.03. The molecule has 0 fully saturated rings. The lowest BCUT2D eigenvalue weighted by atomic mass is 10.1. The monoisotopic (exact) mass is 215 g/mol. The Balaban J connectivity index is 2.34. The van der Waals surface area contributed by atoms with Gasteiger partial charge in [-0.1, -0.05) is 29.3 Å². The molecule has 0 radical (unpaired) electrons. The van der Waals surface area contributed by atoms with Gasteiger partial charge in [-0.3, -0.25) is 0 Å². The third kappa shape index (κ3) is 2.08. The predicted molar refractivity (Wildman–Crippen MR) is 66.4 cm³/mol. The van der Waals surface area contributed by atoms with Gasteiger partial charge in [0.05, 0.1) is 12.7 Å². The van der Waals surface area contributed by atoms with Crippen LogP contribution in [0.1, 0.15) is 22.4 Å². The third-order valence-corrected chi connectivity index (χ3v) is 2.71. The summed E-state index contributed by atoms with van der Waals surface area (Å²) in [6, 6.07) is 6.55. The SMILES string of the molecule is Cc1cc(C)cc(Cn2c(C)cnc2N)c1. The van der Waals surface area contributed by atoms with Crippen LogP contribution in [0, 0.1) is 20.8 Å². The summed E-state index contributed by atoms with van der Waals surface area (Å²) in [5, 5.41) is 0. The number of aryl methyl sites for hydroxylation is 3. The van der Waals surface area contributed by atoms with Gasteiger partial charge in [0, 0.05) is 5.69 Å². The number of hydrogen-bond acceptors (Lipinski definition) is 2. The molecule has 2 rings (SSSR count). The fourth-order valence-electron chi connectivity index (χ4n) is 2.03. The first-order valence-corrected chi connectivity index (χ1v) is 5.41. The maximum absolute atomic E-state index is 5.82. The lowest BCUT2D eigenvalue weighted by Gasteiger charge is -2.09. The molecule has 0 bridgehead atoms. The fraction of sp³-hybridized carbons (Fsp3) is 0.308. The van der Waals surface area contributed by atoms with Crippen molar-refractivity contribution in [1.29, 1.82) is 0 Å². The Labute approximate surface area is 95.9 Å². The summed E-state index contributed by atoms with van der Waals surface area (Å²) in [7, 11) is 0. The predicted octanol–water partition coefficient (Wildman–Crippen LogP) is 2.44. The molecule has 0 saturated carbocycles. The van der Waals surface area contributed by atoms with E-state index in [-0.39, 0.29) is 0 Å². The number of imidazole rings is 1. The van der Waals surface area contributed by atoms with Crippen molar-refractivity contribution in [2.24, 2.45) is 0 Å². The number of anilines is 1. The van der Waals surface area contributed by atoms with E-state index in [1.54, 1.807) is 6.20 Å². The molecule has 3 heteroatoms. The number of aromatic nitrogens is 2. The summed E-state index contributed by atoms with van der Waals surface area (Å²) < 4.78 is 2.02. The van der Waals surface area contributed by atoms with Gasteiger partial charge in [0.2, 0.25) is 5.95 Å². The quantitative estimate of drug-likeness (QED) is 0.836. The second-order valence-electron chi connectivity index (χ2n) is 4.34. The summed E-state index contributed by atoms with van der Waals surface area (Å²) >= 11 is 0. The van der Waals surface area contributed by atoms with Crippen molar-refractivity contribution in [3.63, 3.8) is 0 Å². The summed E-state index contributed by atoms with van der Waals surface area (Å²) in [5.74, 6) is 0.580. The van der Waals surface area contributed by atoms with Crippen LogP contribution in [0.5, 0.6) is 0 Å². The van der Waals surface area contributed by atoms with Crippen molar-refractivity contribution < 1.29 is 0 Å². The van der Waals surface area contributed by atoms with Gasteiger partial charge in [0.25, 0.3) is 0 Å². The molecule has 0 aliphatic carbocycles. The lowest BCUT2D eigenvalue weighted by Crippen LogP contribution is -2.06. The van der Waals surface area contributed by atoms with E-state index in [1.807, 2.05) is 11.5 Å². The highest BCUT2D eigenvalue weighted by Gasteiger charge is 2.04. The van der Waals surface area contributed by atoms with Crippen LogP contribution in [0.4, 0.5) is 5.95 Å². The molecule has 0 unspecified atom stereocenters. The van der Waals surface area contributed by atoms with Crippen molar-refractivity contribution >= 4 is 5.95 Å². The summed E-state index contributed by atoms with van der Waals surface area (Å²) in [6.45, 7) is 7.04. The van der Waals surface area contributed by atoms with Gasteiger partial charge in [-0.2, -0.15) is 0 Å². The first-order chi connectivity index (χ1) is 7.56. The summed E-state index contributed by atoms with van der Waals surface area (Å²) in [6.07, 6.45) is 1.80. The molecule has 0 aliphatic rings. The average Bonchev–Trinajstić information content (AvgIpc) is 2.48. The zero-order chi connectivity index (χ0) is 11.7. The van der Waals surface area contributed by atoms with E-state index in [0.717, 1.165) is 12.2 Å². The van der Waals surface area contributed by atoms with Gasteiger partial charge < -0.3 is 10.3 Å². The van der Waals surface area contributed by atoms with E-state index in [9.17, 15) is 0 Å². The molecule has 0 atom stereocenters. The van der Waals surface area contributed by atoms with Crippen molar-refractivity contribution in [3.8, 4) is 0 Å². The third-order valence-electron chi connectivity index (χ3n) is 2.71. The minimum absolute atomic E-state index is 0.580. The second-order valence-corrected chi connectivity index (χ2v) is 4.34. The zero-order valence-corrected chi connectivity index (χ0v) is 9.99. The van der Waals surface area contributed by atoms with E-state index in [1.165, 1.54) is 16.7 Å². The van der Waals surface area contributed by atoms with Crippen LogP contribution >= 0.6 is 0 Å². The van der Waals surface area contributed by atoms with Gasteiger partial charge in [0.15, 0.2) is 0 Å². The van der Waals surface area contributed by atoms with Crippen molar-refractivity contribution in [2.45, 2.75) is 27.3 Å². The highest BCUT2D eigenvalue weighted by atomic mass is 15.1. The van der Waals surface area contributed by atoms with Gasteiger partial charge in [0.1, 0.15) is 0 Å². The second kappa shape index (κ2) is 4.00. The van der Waals surface area contributed by atoms with Crippen LogP contribution < -0.4 is 5.73 Å². The topological polar surface area (TPSA) is 43.8 Å². The van der Waals surface area contributed by atoms with Gasteiger partial charge in [-0.05, 0) is 26.3 Å². The number of rotatable bonds is 2. The van der Waals surface area contributed by atoms with Crippen molar-refractivity contribution in [2.75, 3.05) is 5.73 Å². The Morgan fingerprint density at radius 3 is 2.25 bits per heavy atom. The number of nitrogen functional groups attached to an aromatic ring is 1. The Hall–Kier alpha value is -1.77. The Morgan fingerprint density at radius 1 is 1.12 bits per heavy atom. The van der Waals surface area contributed by atoms with Crippen LogP contribution in [0.3, 0.4) is 0 Å². The van der Waals surface area contributed by atoms with Crippen LogP contribution in [-0.2, 0) is 6.54 Å². The van der Waals surface area contributed by atoms with E-state index in [4.69, 9.17) is 5.73 Å². The highest BCUT2D eigenvalue weighted by molar-refractivity contribution is 5.31. The maximum Gasteiger partial charge on any atom is 0.200 e. The standard InChI is InChI=1S/C13H17N3/c1-9-4-10(2)6-12(5-9)8-16-11(3)7-15-13(16)14/h4-7H,8H2,1-3H3,(H2,14,15). The largest absolute Gasteiger partial charge is 0.369 e. The Morgan fingerprint density at radius 2 is 1.75 bits per heavy atom. The van der Waals surface area contributed by atoms with Gasteiger partial charge in [-0.15, -0.1) is 0 Å². The average molecular weight is 215 g/mol. The van der Waals surface area contributed by atoms with Gasteiger partial charge >= 0.3 is 0 Å². The molecule has 0 spiro atoms. The normalized spacial score (nSPS) is 10.7. The first kappa shape index (κ1) is 10.7. The van der Waals surface area contributed by atoms with Crippen molar-refractivity contribution in [3.05, 3.63) is 46.8 Å². The Bertz CT molecular complexity index is 472. The first-order valence-electron chi connectivity index (χ1n) is 5.41. The molecule has 0 aliphatic heterocycles. The number of benzene rings is 1. The highest BCUT2D eigenvalue weighted by Crippen LogP contribution is 2.14. The van der Waals surface area contributed by atoms with Crippen LogP contribution in [0.25, 0.3) is 0 Å². The minimum Gasteiger partial charge on any atom is -0.369 e. The van der Waals surface area contributed by atoms with E-state index >= 15 is 0 Å². The molecular formula is C13H17N3. The van der Waals surface area contributed by atoms with Crippen LogP contribution in [0.15, 0.2) is 24.4 Å². The smallest absolute Gasteiger partial charge is 0.200 e. The Kier molecular flexibility index (Phi) is 2.69. The molecule has 1 heterocycles. The molecule has 1 aromatic heterocycles. The number of nitrogens with zero attached hydrogens (tertiary/aromatic N) is 2.